The Balaban J connectivity index is 0.000000334. The molecule has 0 spiro atoms. The molecule has 0 saturated heterocycles. The van der Waals surface area contributed by atoms with E-state index in [1.807, 2.05) is 35.3 Å². The molecule has 3 aromatic carbocycles. The quantitative estimate of drug-likeness (QED) is 0.261. The average Bonchev–Trinajstić information content (AvgIpc) is 3.48. The Bertz CT molecular complexity index is 1090. The van der Waals surface area contributed by atoms with Crippen LogP contribution in [0.4, 0.5) is 0 Å². The zero-order chi connectivity index (χ0) is 21.5. The minimum Gasteiger partial charge on any atom is -0.285 e. The highest BCUT2D eigenvalue weighted by atomic mass is 79.9. The fraction of sp³-hybridized carbons (Fsp3) is 0.0400. The van der Waals surface area contributed by atoms with Gasteiger partial charge in [0.05, 0.1) is 21.3 Å². The van der Waals surface area contributed by atoms with Gasteiger partial charge >= 0.3 is 0 Å². The molecule has 2 heterocycles. The summed E-state index contributed by atoms with van der Waals surface area (Å²) in [5, 5.41) is 11.0. The molecule has 6 heteroatoms. The fourth-order valence-electron chi connectivity index (χ4n) is 3.65. The van der Waals surface area contributed by atoms with Crippen molar-refractivity contribution < 1.29 is 0 Å². The van der Waals surface area contributed by atoms with Crippen LogP contribution in [-0.2, 0) is 5.54 Å². The molecule has 0 aliphatic rings. The predicted molar refractivity (Wildman–Crippen MR) is 131 cm³/mol. The van der Waals surface area contributed by atoms with Gasteiger partial charge in [-0.25, -0.2) is 0 Å². The van der Waals surface area contributed by atoms with Gasteiger partial charge in [-0.1, -0.05) is 91.0 Å². The summed E-state index contributed by atoms with van der Waals surface area (Å²) in [6, 6.07) is 31.6. The second-order valence-corrected chi connectivity index (χ2v) is 8.66. The number of benzene rings is 3. The number of aromatic nitrogens is 4. The van der Waals surface area contributed by atoms with E-state index in [1.165, 1.54) is 16.7 Å². The van der Waals surface area contributed by atoms with Crippen LogP contribution in [-0.4, -0.2) is 20.0 Å². The van der Waals surface area contributed by atoms with E-state index in [0.717, 1.165) is 8.95 Å². The first-order valence-corrected chi connectivity index (χ1v) is 11.3. The molecule has 0 saturated carbocycles. The maximum atomic E-state index is 4.69. The van der Waals surface area contributed by atoms with Gasteiger partial charge in [-0.15, -0.1) is 0 Å². The maximum absolute atomic E-state index is 4.69. The van der Waals surface area contributed by atoms with Gasteiger partial charge in [0.1, 0.15) is 5.54 Å². The summed E-state index contributed by atoms with van der Waals surface area (Å²) < 4.78 is 3.99. The summed E-state index contributed by atoms with van der Waals surface area (Å²) in [5.41, 5.74) is 2.98. The van der Waals surface area contributed by atoms with Crippen LogP contribution in [0.2, 0.25) is 0 Å². The van der Waals surface area contributed by atoms with Crippen LogP contribution in [0.1, 0.15) is 16.7 Å². The zero-order valence-electron chi connectivity index (χ0n) is 16.6. The van der Waals surface area contributed by atoms with Gasteiger partial charge in [-0.3, -0.25) is 9.78 Å². The molecular weight excluding hydrogens is 516 g/mol. The van der Waals surface area contributed by atoms with Crippen molar-refractivity contribution in [3.05, 3.63) is 141 Å². The number of hydrogen-bond acceptors (Lipinski definition) is 2. The van der Waals surface area contributed by atoms with Gasteiger partial charge in [0, 0.05) is 12.4 Å². The topological polar surface area (TPSA) is 46.5 Å². The molecule has 0 amide bonds. The molecule has 0 aliphatic carbocycles. The maximum Gasteiger partial charge on any atom is 0.138 e. The Morgan fingerprint density at radius 1 is 0.645 bits per heavy atom. The van der Waals surface area contributed by atoms with Crippen molar-refractivity contribution in [1.82, 2.24) is 20.0 Å². The molecule has 0 unspecified atom stereocenters. The lowest BCUT2D eigenvalue weighted by Crippen LogP contribution is -2.38. The van der Waals surface area contributed by atoms with Crippen molar-refractivity contribution in [3.8, 4) is 0 Å². The third-order valence-corrected chi connectivity index (χ3v) is 5.78. The van der Waals surface area contributed by atoms with E-state index in [0.29, 0.717) is 0 Å². The highest BCUT2D eigenvalue weighted by Gasteiger charge is 2.39. The van der Waals surface area contributed by atoms with Gasteiger partial charge in [0.2, 0.25) is 0 Å². The molecule has 0 fully saturated rings. The molecule has 4 nitrogen and oxygen atoms in total. The number of aromatic amines is 1. The van der Waals surface area contributed by atoms with E-state index < -0.39 is 5.54 Å². The average molecular weight is 536 g/mol. The van der Waals surface area contributed by atoms with Crippen molar-refractivity contribution >= 4 is 31.9 Å². The molecule has 5 aromatic rings. The van der Waals surface area contributed by atoms with Crippen molar-refractivity contribution in [2.24, 2.45) is 0 Å². The minimum atomic E-state index is -0.532. The highest BCUT2D eigenvalue weighted by Crippen LogP contribution is 2.40. The van der Waals surface area contributed by atoms with Crippen molar-refractivity contribution in [2.75, 3.05) is 0 Å². The molecular formula is C25H20Br2N4. The second-order valence-electron chi connectivity index (χ2n) is 6.83. The molecule has 31 heavy (non-hydrogen) atoms. The van der Waals surface area contributed by atoms with Crippen LogP contribution >= 0.6 is 31.9 Å². The van der Waals surface area contributed by atoms with Crippen LogP contribution in [0.5, 0.6) is 0 Å². The Hall–Kier alpha value is -2.96. The summed E-state index contributed by atoms with van der Waals surface area (Å²) in [5.74, 6) is 0. The number of hydrogen-bond donors (Lipinski definition) is 1. The van der Waals surface area contributed by atoms with E-state index in [9.17, 15) is 0 Å². The van der Waals surface area contributed by atoms with Gasteiger partial charge in [0.15, 0.2) is 0 Å². The van der Waals surface area contributed by atoms with Crippen LogP contribution in [0, 0.1) is 0 Å². The molecule has 0 bridgehead atoms. The van der Waals surface area contributed by atoms with E-state index in [4.69, 9.17) is 0 Å². The lowest BCUT2D eigenvalue weighted by molar-refractivity contribution is 0.460. The number of nitrogens with zero attached hydrogens (tertiary/aromatic N) is 3. The van der Waals surface area contributed by atoms with Crippen molar-refractivity contribution in [1.29, 1.82) is 0 Å². The van der Waals surface area contributed by atoms with E-state index in [2.05, 4.69) is 120 Å². The summed E-state index contributed by atoms with van der Waals surface area (Å²) in [4.78, 5) is 0. The molecule has 1 N–H and O–H groups in total. The second kappa shape index (κ2) is 9.90. The smallest absolute Gasteiger partial charge is 0.138 e. The van der Waals surface area contributed by atoms with E-state index in [-0.39, 0.29) is 0 Å². The van der Waals surface area contributed by atoms with Gasteiger partial charge < -0.3 is 0 Å². The monoisotopic (exact) mass is 534 g/mol. The Labute approximate surface area is 198 Å². The summed E-state index contributed by atoms with van der Waals surface area (Å²) >= 11 is 6.75. The van der Waals surface area contributed by atoms with Gasteiger partial charge in [0.25, 0.3) is 0 Å². The zero-order valence-corrected chi connectivity index (χ0v) is 19.7. The van der Waals surface area contributed by atoms with Crippen LogP contribution < -0.4 is 0 Å². The number of halogens is 2. The van der Waals surface area contributed by atoms with Crippen molar-refractivity contribution in [3.63, 3.8) is 0 Å². The van der Waals surface area contributed by atoms with Crippen molar-refractivity contribution in [2.45, 2.75) is 5.54 Å². The third-order valence-electron chi connectivity index (χ3n) is 4.93. The lowest BCUT2D eigenvalue weighted by Gasteiger charge is -2.36. The largest absolute Gasteiger partial charge is 0.285 e. The Morgan fingerprint density at radius 2 is 1.13 bits per heavy atom. The minimum absolute atomic E-state index is 0.532. The first kappa shape index (κ1) is 21.3. The number of H-pyrrole nitrogens is 1. The molecule has 5 rings (SSSR count). The summed E-state index contributed by atoms with van der Waals surface area (Å²) in [6.45, 7) is 0. The van der Waals surface area contributed by atoms with Crippen LogP contribution in [0.3, 0.4) is 0 Å². The Morgan fingerprint density at radius 3 is 1.42 bits per heavy atom. The predicted octanol–water partition coefficient (Wildman–Crippen LogP) is 6.66. The lowest BCUT2D eigenvalue weighted by atomic mass is 9.77. The first-order valence-electron chi connectivity index (χ1n) is 9.73. The fourth-order valence-corrected chi connectivity index (χ4v) is 4.14. The Kier molecular flexibility index (Phi) is 6.79. The molecule has 154 valence electrons. The molecule has 0 aliphatic heterocycles. The summed E-state index contributed by atoms with van der Waals surface area (Å²) in [6.07, 6.45) is 7.33. The standard InChI is InChI=1S/C22H17BrN2.C3H3BrN2/c23-21-16-24-25(17-21)22(18-10-4-1-5-11-18,19-12-6-2-7-13-19)20-14-8-3-9-15-20;4-3-1-5-6-2-3/h1-17H;1-2H,(H,5,6). The number of rotatable bonds is 4. The molecule has 0 atom stereocenters. The highest BCUT2D eigenvalue weighted by molar-refractivity contribution is 9.10. The van der Waals surface area contributed by atoms with Crippen LogP contribution in [0.25, 0.3) is 0 Å². The SMILES string of the molecule is Brc1cn[nH]c1.Brc1cnn(C(c2ccccc2)(c2ccccc2)c2ccccc2)c1. The molecule has 0 radical (unpaired) electrons. The summed E-state index contributed by atoms with van der Waals surface area (Å²) in [7, 11) is 0. The number of nitrogens with one attached hydrogen (secondary N) is 1. The molecule has 2 aromatic heterocycles. The third kappa shape index (κ3) is 4.55. The normalized spacial score (nSPS) is 10.9. The van der Waals surface area contributed by atoms with Crippen LogP contribution in [0.15, 0.2) is 125 Å². The van der Waals surface area contributed by atoms with E-state index >= 15 is 0 Å². The van der Waals surface area contributed by atoms with Gasteiger partial charge in [-0.05, 0) is 48.6 Å². The van der Waals surface area contributed by atoms with Gasteiger partial charge in [-0.2, -0.15) is 10.2 Å². The first-order chi connectivity index (χ1) is 15.2. The van der Waals surface area contributed by atoms with E-state index in [1.54, 1.807) is 12.4 Å².